The van der Waals surface area contributed by atoms with Gasteiger partial charge >= 0.3 is 0 Å². The Bertz CT molecular complexity index is 518. The van der Waals surface area contributed by atoms with Crippen LogP contribution in [0.4, 0.5) is 0 Å². The average molecular weight is 277 g/mol. The minimum Gasteiger partial charge on any atom is -0.459 e. The first-order valence-corrected chi connectivity index (χ1v) is 6.80. The molecule has 0 radical (unpaired) electrons. The quantitative estimate of drug-likeness (QED) is 0.795. The van der Waals surface area contributed by atoms with Crippen LogP contribution in [0.2, 0.25) is 0 Å². The van der Waals surface area contributed by atoms with Crippen molar-refractivity contribution in [2.24, 2.45) is 0 Å². The van der Waals surface area contributed by atoms with E-state index in [4.69, 9.17) is 4.42 Å². The highest BCUT2D eigenvalue weighted by molar-refractivity contribution is 5.93. The van der Waals surface area contributed by atoms with Gasteiger partial charge in [-0.25, -0.2) is 0 Å². The Morgan fingerprint density at radius 3 is 2.65 bits per heavy atom. The topological polar surface area (TPSA) is 57.0 Å². The number of hydrogen-bond acceptors (Lipinski definition) is 4. The lowest BCUT2D eigenvalue weighted by molar-refractivity contribution is -0.154. The van der Waals surface area contributed by atoms with E-state index < -0.39 is 0 Å². The highest BCUT2D eigenvalue weighted by Gasteiger charge is 2.56. The number of likely N-dealkylation sites (tertiary alicyclic amines) is 2. The van der Waals surface area contributed by atoms with E-state index in [9.17, 15) is 9.59 Å². The van der Waals surface area contributed by atoms with Gasteiger partial charge in [-0.15, -0.1) is 0 Å². The van der Waals surface area contributed by atoms with Crippen LogP contribution in [0.5, 0.6) is 0 Å². The van der Waals surface area contributed by atoms with E-state index in [1.165, 1.54) is 6.26 Å². The van der Waals surface area contributed by atoms with E-state index in [0.717, 1.165) is 13.0 Å². The summed E-state index contributed by atoms with van der Waals surface area (Å²) >= 11 is 0. The summed E-state index contributed by atoms with van der Waals surface area (Å²) in [6, 6.07) is 3.40. The number of amides is 2. The molecule has 2 amide bonds. The molecule has 1 aromatic rings. The van der Waals surface area contributed by atoms with Crippen LogP contribution in [0.15, 0.2) is 22.8 Å². The van der Waals surface area contributed by atoms with Gasteiger partial charge in [0.05, 0.1) is 18.3 Å². The van der Waals surface area contributed by atoms with E-state index in [-0.39, 0.29) is 17.4 Å². The second-order valence-corrected chi connectivity index (χ2v) is 5.90. The van der Waals surface area contributed by atoms with Crippen molar-refractivity contribution in [3.8, 4) is 0 Å². The molecule has 0 bridgehead atoms. The number of furan rings is 1. The van der Waals surface area contributed by atoms with Crippen molar-refractivity contribution in [3.63, 3.8) is 0 Å². The Labute approximate surface area is 117 Å². The Morgan fingerprint density at radius 1 is 1.40 bits per heavy atom. The smallest absolute Gasteiger partial charge is 0.290 e. The molecule has 2 aliphatic heterocycles. The van der Waals surface area contributed by atoms with Gasteiger partial charge in [-0.1, -0.05) is 0 Å². The van der Waals surface area contributed by atoms with Crippen LogP contribution in [-0.2, 0) is 4.79 Å². The average Bonchev–Trinajstić information content (AvgIpc) is 2.77. The first-order chi connectivity index (χ1) is 9.52. The predicted molar refractivity (Wildman–Crippen MR) is 72.2 cm³/mol. The van der Waals surface area contributed by atoms with Crippen LogP contribution in [0.1, 0.15) is 17.0 Å². The highest BCUT2D eigenvalue weighted by Crippen LogP contribution is 2.40. The zero-order valence-corrected chi connectivity index (χ0v) is 11.8. The summed E-state index contributed by atoms with van der Waals surface area (Å²) < 4.78 is 5.16. The molecule has 1 aromatic heterocycles. The first kappa shape index (κ1) is 13.2. The number of carbonyl (C=O) groups is 2. The van der Waals surface area contributed by atoms with Gasteiger partial charge < -0.3 is 19.1 Å². The first-order valence-electron chi connectivity index (χ1n) is 6.80. The molecular formula is C14H19N3O3. The SMILES string of the molecule is CN(C)CC(=O)N1CC2(CCN2C(=O)c2ccco2)C1. The molecule has 20 heavy (non-hydrogen) atoms. The Balaban J connectivity index is 1.60. The van der Waals surface area contributed by atoms with Gasteiger partial charge in [-0.2, -0.15) is 0 Å². The van der Waals surface area contributed by atoms with Crippen molar-refractivity contribution >= 4 is 11.8 Å². The van der Waals surface area contributed by atoms with Crippen LogP contribution in [0.3, 0.4) is 0 Å². The third-order valence-electron chi connectivity index (χ3n) is 4.13. The maximum absolute atomic E-state index is 12.3. The molecular weight excluding hydrogens is 258 g/mol. The zero-order valence-electron chi connectivity index (χ0n) is 11.8. The predicted octanol–water partition coefficient (Wildman–Crippen LogP) is 0.268. The Morgan fingerprint density at radius 2 is 2.15 bits per heavy atom. The Hall–Kier alpha value is -1.82. The van der Waals surface area contributed by atoms with Crippen LogP contribution < -0.4 is 0 Å². The molecule has 0 aromatic carbocycles. The number of likely N-dealkylation sites (N-methyl/N-ethyl adjacent to an activating group) is 1. The van der Waals surface area contributed by atoms with Crippen molar-refractivity contribution in [1.29, 1.82) is 0 Å². The molecule has 0 saturated carbocycles. The van der Waals surface area contributed by atoms with Crippen LogP contribution >= 0.6 is 0 Å². The van der Waals surface area contributed by atoms with Gasteiger partial charge in [-0.05, 0) is 32.6 Å². The summed E-state index contributed by atoms with van der Waals surface area (Å²) in [4.78, 5) is 29.7. The normalized spacial score (nSPS) is 19.9. The molecule has 6 nitrogen and oxygen atoms in total. The molecule has 3 rings (SSSR count). The van der Waals surface area contributed by atoms with E-state index in [1.807, 2.05) is 28.8 Å². The van der Waals surface area contributed by atoms with Crippen molar-refractivity contribution in [2.45, 2.75) is 12.0 Å². The highest BCUT2D eigenvalue weighted by atomic mass is 16.3. The fourth-order valence-electron chi connectivity index (χ4n) is 2.93. The van der Waals surface area contributed by atoms with Crippen molar-refractivity contribution in [3.05, 3.63) is 24.2 Å². The fraction of sp³-hybridized carbons (Fsp3) is 0.571. The van der Waals surface area contributed by atoms with Gasteiger partial charge in [0.15, 0.2) is 5.76 Å². The van der Waals surface area contributed by atoms with Gasteiger partial charge in [-0.3, -0.25) is 9.59 Å². The molecule has 3 heterocycles. The minimum absolute atomic E-state index is 0.0686. The second-order valence-electron chi connectivity index (χ2n) is 5.90. The lowest BCUT2D eigenvalue weighted by Gasteiger charge is -2.62. The molecule has 108 valence electrons. The number of rotatable bonds is 3. The maximum atomic E-state index is 12.3. The van der Waals surface area contributed by atoms with Crippen LogP contribution in [0.25, 0.3) is 0 Å². The minimum atomic E-state index is -0.147. The molecule has 0 unspecified atom stereocenters. The maximum Gasteiger partial charge on any atom is 0.290 e. The van der Waals surface area contributed by atoms with Crippen molar-refractivity contribution in [2.75, 3.05) is 40.3 Å². The molecule has 0 atom stereocenters. The Kier molecular flexibility index (Phi) is 3.05. The van der Waals surface area contributed by atoms with Gasteiger partial charge in [0.2, 0.25) is 5.91 Å². The molecule has 0 N–H and O–H groups in total. The van der Waals surface area contributed by atoms with Crippen molar-refractivity contribution in [1.82, 2.24) is 14.7 Å². The summed E-state index contributed by atoms with van der Waals surface area (Å²) in [7, 11) is 3.76. The molecule has 1 spiro atoms. The summed E-state index contributed by atoms with van der Waals surface area (Å²) in [5.74, 6) is 0.432. The summed E-state index contributed by atoms with van der Waals surface area (Å²) in [5, 5.41) is 0. The fourth-order valence-corrected chi connectivity index (χ4v) is 2.93. The lowest BCUT2D eigenvalue weighted by Crippen LogP contribution is -2.78. The lowest BCUT2D eigenvalue weighted by atomic mass is 9.77. The molecule has 2 saturated heterocycles. The number of hydrogen-bond donors (Lipinski definition) is 0. The number of nitrogens with zero attached hydrogens (tertiary/aromatic N) is 3. The van der Waals surface area contributed by atoms with Crippen molar-refractivity contribution < 1.29 is 14.0 Å². The standard InChI is InChI=1S/C14H19N3O3/c1-15(2)8-12(18)16-9-14(10-16)5-6-17(14)13(19)11-4-3-7-20-11/h3-4,7H,5-6,8-10H2,1-2H3. The molecule has 2 aliphatic rings. The summed E-state index contributed by atoms with van der Waals surface area (Å²) in [6.07, 6.45) is 2.47. The number of carbonyl (C=O) groups excluding carboxylic acids is 2. The van der Waals surface area contributed by atoms with Gasteiger partial charge in [0, 0.05) is 19.6 Å². The monoisotopic (exact) mass is 277 g/mol. The van der Waals surface area contributed by atoms with Gasteiger partial charge in [0.1, 0.15) is 0 Å². The van der Waals surface area contributed by atoms with Crippen LogP contribution in [0, 0.1) is 0 Å². The largest absolute Gasteiger partial charge is 0.459 e. The zero-order chi connectivity index (χ0) is 14.3. The van der Waals surface area contributed by atoms with Gasteiger partial charge in [0.25, 0.3) is 5.91 Å². The molecule has 0 aliphatic carbocycles. The van der Waals surface area contributed by atoms with E-state index in [2.05, 4.69) is 0 Å². The molecule has 2 fully saturated rings. The van der Waals surface area contributed by atoms with Crippen LogP contribution in [-0.4, -0.2) is 72.3 Å². The third kappa shape index (κ3) is 2.00. The molecule has 6 heteroatoms. The van der Waals surface area contributed by atoms with E-state index >= 15 is 0 Å². The summed E-state index contributed by atoms with van der Waals surface area (Å²) in [6.45, 7) is 2.45. The van der Waals surface area contributed by atoms with E-state index in [0.29, 0.717) is 25.4 Å². The summed E-state index contributed by atoms with van der Waals surface area (Å²) in [5.41, 5.74) is -0.147. The third-order valence-corrected chi connectivity index (χ3v) is 4.13. The second kappa shape index (κ2) is 4.63. The van der Waals surface area contributed by atoms with E-state index in [1.54, 1.807) is 12.1 Å².